The molecule has 16 nitrogen and oxygen atoms in total. The molecule has 0 aliphatic carbocycles. The number of aliphatic carboxylic acids is 1. The second-order valence-electron chi connectivity index (χ2n) is 14.8. The number of ether oxygens (including phenoxy) is 2. The fourth-order valence-corrected chi connectivity index (χ4v) is 7.01. The molecule has 6 unspecified atom stereocenters. The Balaban J connectivity index is -0.000000332. The zero-order valence-electron chi connectivity index (χ0n) is 41.3. The van der Waals surface area contributed by atoms with Gasteiger partial charge in [-0.05, 0) is 64.5 Å². The molecule has 18 heteroatoms. The number of aromatic nitrogens is 1. The van der Waals surface area contributed by atoms with Gasteiger partial charge in [0, 0.05) is 18.2 Å². The van der Waals surface area contributed by atoms with Crippen LogP contribution in [0.5, 0.6) is 0 Å². The first-order valence-corrected chi connectivity index (χ1v) is 24.2. The maximum Gasteiger partial charge on any atom is 0.317 e. The van der Waals surface area contributed by atoms with Crippen LogP contribution in [0.15, 0.2) is 11.5 Å². The minimum Gasteiger partial charge on any atom is -0.480 e. The highest BCUT2D eigenvalue weighted by molar-refractivity contribution is 8.00. The summed E-state index contributed by atoms with van der Waals surface area (Å²) in [5, 5.41) is 33.6. The number of likely N-dealkylation sites (N-methyl/N-ethyl adjacent to an activating group) is 1. The number of amides is 1. The number of hydrogen-bond acceptors (Lipinski definition) is 16. The highest BCUT2D eigenvalue weighted by Gasteiger charge is 2.43. The topological polar surface area (TPSA) is 262 Å². The molecule has 0 spiro atoms. The number of carbonyl (C=O) groups is 7. The van der Waals surface area contributed by atoms with Crippen molar-refractivity contribution < 1.29 is 58.4 Å². The predicted molar refractivity (Wildman–Crippen MR) is 260 cm³/mol. The number of thioether (sulfide) groups is 1. The number of aliphatic hydroxyl groups is 2. The van der Waals surface area contributed by atoms with Crippen LogP contribution in [0.1, 0.15) is 138 Å². The number of rotatable bonds is 14. The number of thiazole rings is 1. The van der Waals surface area contributed by atoms with Crippen LogP contribution in [0.25, 0.3) is 6.08 Å². The fraction of sp³-hybridized carbons (Fsp3) is 0.739. The third-order valence-electron chi connectivity index (χ3n) is 9.09. The number of esters is 2. The Labute approximate surface area is 393 Å². The van der Waals surface area contributed by atoms with E-state index in [9.17, 15) is 38.7 Å². The summed E-state index contributed by atoms with van der Waals surface area (Å²) in [6.07, 6.45) is 9.67. The predicted octanol–water partition coefficient (Wildman–Crippen LogP) is 6.46. The van der Waals surface area contributed by atoms with E-state index in [1.165, 1.54) is 0 Å². The van der Waals surface area contributed by atoms with Crippen molar-refractivity contribution in [2.24, 2.45) is 28.9 Å². The summed E-state index contributed by atoms with van der Waals surface area (Å²) in [4.78, 5) is 83.4. The van der Waals surface area contributed by atoms with Gasteiger partial charge in [-0.15, -0.1) is 23.1 Å². The van der Waals surface area contributed by atoms with Crippen LogP contribution in [0.4, 0.5) is 0 Å². The van der Waals surface area contributed by atoms with E-state index >= 15 is 0 Å². The van der Waals surface area contributed by atoms with Crippen molar-refractivity contribution >= 4 is 71.8 Å². The zero-order chi connectivity index (χ0) is 50.7. The molecule has 2 rings (SSSR count). The third kappa shape index (κ3) is 36.8. The Hall–Kier alpha value is -3.55. The van der Waals surface area contributed by atoms with Gasteiger partial charge in [-0.25, -0.2) is 4.98 Å². The fourth-order valence-electron chi connectivity index (χ4n) is 5.65. The van der Waals surface area contributed by atoms with Crippen LogP contribution in [0.2, 0.25) is 0 Å². The second-order valence-corrected chi connectivity index (χ2v) is 16.9. The second kappa shape index (κ2) is 46.0. The number of carboxylic acids is 1. The van der Waals surface area contributed by atoms with Crippen molar-refractivity contribution in [3.8, 4) is 0 Å². The van der Waals surface area contributed by atoms with Crippen molar-refractivity contribution in [2.75, 3.05) is 38.8 Å². The molecule has 374 valence electrons. The molecule has 1 saturated heterocycles. The van der Waals surface area contributed by atoms with Gasteiger partial charge in [-0.3, -0.25) is 24.0 Å². The molecule has 64 heavy (non-hydrogen) atoms. The van der Waals surface area contributed by atoms with Gasteiger partial charge >= 0.3 is 17.9 Å². The number of nitrogens with two attached hydrogens (primary N) is 1. The van der Waals surface area contributed by atoms with Crippen LogP contribution in [0, 0.1) is 30.1 Å². The summed E-state index contributed by atoms with van der Waals surface area (Å²) in [6, 6.07) is -0.927. The zero-order valence-corrected chi connectivity index (χ0v) is 43.0. The number of aryl methyl sites for hydroxylation is 1. The molecule has 2 heterocycles. The molecular formula is C46H86N4O12S2. The monoisotopic (exact) mass is 951 g/mol. The van der Waals surface area contributed by atoms with E-state index in [-0.39, 0.29) is 42.2 Å². The minimum atomic E-state index is -1.25. The Bertz CT molecular complexity index is 1380. The largest absolute Gasteiger partial charge is 0.480 e. The van der Waals surface area contributed by atoms with Crippen LogP contribution < -0.4 is 16.4 Å². The number of carboxylic acid groups (broad SMARTS) is 1. The Morgan fingerprint density at radius 2 is 1.66 bits per heavy atom. The standard InChI is InChI=1S/C26H43NO8S.C7H9NS.C5H11NO.C3H7NO2.2C2H6.CH4O/c1-17-8-6-10-18(2)24(35-23(32)15-36-14-20(13-28)27-16-29)19(3)25(33)26(4,5)21(30)12-22(31)34-11-7-9-17;1-3-4-7-5-9-6(2)8-7;1-2-3-5(6)4-7;1-4-2-3(5)6;3*1-2/h13,16-21,24,30H,6-12,14-15H2,1-5H3,(H,27,29);3-5H,1-2H3;4-5H,2-3,6H2,1H3;4H,2H2,1H3,(H,5,6);2*1-2H3;2H,1H3/b;4-3-;;;;;/t17?,18?,19?,20?,21?,24-;;;;;;/m0....../s1. The van der Waals surface area contributed by atoms with E-state index in [0.717, 1.165) is 80.8 Å². The van der Waals surface area contributed by atoms with Gasteiger partial charge in [0.1, 0.15) is 24.5 Å². The number of Topliss-reactive ketones (excluding diaryl/α,β-unsaturated/α-hetero) is 1. The van der Waals surface area contributed by atoms with Gasteiger partial charge in [0.15, 0.2) is 0 Å². The molecule has 1 aromatic rings. The highest BCUT2D eigenvalue weighted by Crippen LogP contribution is 2.33. The molecule has 7 atom stereocenters. The van der Waals surface area contributed by atoms with Gasteiger partial charge in [0.05, 0.1) is 65.5 Å². The quantitative estimate of drug-likeness (QED) is 0.0864. The lowest BCUT2D eigenvalue weighted by atomic mass is 9.73. The van der Waals surface area contributed by atoms with Crippen molar-refractivity contribution in [1.29, 1.82) is 0 Å². The number of cyclic esters (lactones) is 1. The van der Waals surface area contributed by atoms with Gasteiger partial charge in [-0.2, -0.15) is 0 Å². The van der Waals surface area contributed by atoms with Gasteiger partial charge in [-0.1, -0.05) is 94.6 Å². The van der Waals surface area contributed by atoms with Gasteiger partial charge < -0.3 is 50.7 Å². The number of aliphatic hydroxyl groups excluding tert-OH is 2. The lowest BCUT2D eigenvalue weighted by molar-refractivity contribution is -0.158. The number of ketones is 1. The number of nitrogens with one attached hydrogen (secondary N) is 2. The van der Waals surface area contributed by atoms with E-state index in [1.807, 2.05) is 67.5 Å². The number of carbonyl (C=O) groups excluding carboxylic acids is 6. The van der Waals surface area contributed by atoms with E-state index in [4.69, 9.17) is 25.4 Å². The molecular weight excluding hydrogens is 865 g/mol. The molecule has 0 aromatic carbocycles. The first-order chi connectivity index (χ1) is 30.3. The van der Waals surface area contributed by atoms with E-state index < -0.39 is 47.5 Å². The first kappa shape index (κ1) is 69.5. The average Bonchev–Trinajstić information content (AvgIpc) is 3.69. The van der Waals surface area contributed by atoms with Crippen molar-refractivity contribution in [3.63, 3.8) is 0 Å². The molecule has 1 aromatic heterocycles. The molecule has 1 fully saturated rings. The summed E-state index contributed by atoms with van der Waals surface area (Å²) < 4.78 is 11.1. The molecule has 1 aliphatic heterocycles. The van der Waals surface area contributed by atoms with Crippen LogP contribution in [0.3, 0.4) is 0 Å². The first-order valence-electron chi connectivity index (χ1n) is 22.2. The normalized spacial score (nSPS) is 20.6. The van der Waals surface area contributed by atoms with Crippen LogP contribution in [-0.4, -0.2) is 126 Å². The molecule has 0 bridgehead atoms. The van der Waals surface area contributed by atoms with E-state index in [0.29, 0.717) is 25.2 Å². The third-order valence-corrected chi connectivity index (χ3v) is 10.9. The maximum atomic E-state index is 13.5. The SMILES string of the molecule is C/C=C\c1csc(C)n1.CC.CC.CC1CCCOC(=O)CC(O)C(C)(C)C(=O)C(C)[C@@H](OC(=O)CSCC(C=O)NC=O)C(C)CCC1.CCCC(N)C=O.CNCC(=O)O.CO. The lowest BCUT2D eigenvalue weighted by Crippen LogP contribution is -2.47. The van der Waals surface area contributed by atoms with Crippen molar-refractivity contribution in [3.05, 3.63) is 22.2 Å². The summed E-state index contributed by atoms with van der Waals surface area (Å²) in [5.41, 5.74) is 5.04. The highest BCUT2D eigenvalue weighted by atomic mass is 32.2. The molecule has 0 radical (unpaired) electrons. The molecule has 7 N–H and O–H groups in total. The Morgan fingerprint density at radius 1 is 1.06 bits per heavy atom. The molecule has 1 amide bonds. The van der Waals surface area contributed by atoms with Crippen LogP contribution >= 0.6 is 23.1 Å². The van der Waals surface area contributed by atoms with E-state index in [1.54, 1.807) is 39.2 Å². The number of hydrogen-bond donors (Lipinski definition) is 6. The number of aldehydes is 2. The van der Waals surface area contributed by atoms with Crippen molar-refractivity contribution in [2.45, 2.75) is 159 Å². The summed E-state index contributed by atoms with van der Waals surface area (Å²) in [6.45, 7) is 23.3. The lowest BCUT2D eigenvalue weighted by Gasteiger charge is -2.36. The maximum absolute atomic E-state index is 13.5. The van der Waals surface area contributed by atoms with Crippen molar-refractivity contribution in [1.82, 2.24) is 15.6 Å². The summed E-state index contributed by atoms with van der Waals surface area (Å²) in [5.74, 6) is -2.36. The van der Waals surface area contributed by atoms with Crippen LogP contribution in [-0.2, 0) is 43.0 Å². The average molecular weight is 951 g/mol. The van der Waals surface area contributed by atoms with Gasteiger partial charge in [0.25, 0.3) is 0 Å². The summed E-state index contributed by atoms with van der Waals surface area (Å²) >= 11 is 2.84. The Morgan fingerprint density at radius 3 is 2.09 bits per heavy atom. The minimum absolute atomic E-state index is 0.0378. The number of nitrogens with zero attached hydrogens (tertiary/aromatic N) is 1. The summed E-state index contributed by atoms with van der Waals surface area (Å²) in [7, 11) is 2.59. The molecule has 1 aliphatic rings. The number of allylic oxidation sites excluding steroid dienone is 1. The van der Waals surface area contributed by atoms with E-state index in [2.05, 4.69) is 27.9 Å². The van der Waals surface area contributed by atoms with Gasteiger partial charge in [0.2, 0.25) is 6.41 Å². The Kier molecular flexibility index (Phi) is 49.9. The smallest absolute Gasteiger partial charge is 0.317 e. The molecule has 0 saturated carbocycles.